The van der Waals surface area contributed by atoms with Gasteiger partial charge in [0.25, 0.3) is 11.8 Å². The molecule has 0 saturated carbocycles. The maximum Gasteiger partial charge on any atom is 0.291 e. The second-order valence-electron chi connectivity index (χ2n) is 6.50. The molecule has 3 N–H and O–H groups in total. The van der Waals surface area contributed by atoms with Crippen LogP contribution in [-0.4, -0.2) is 11.8 Å². The molecule has 6 nitrogen and oxygen atoms in total. The molecule has 3 aromatic carbocycles. The topological polar surface area (TPSA) is 83.4 Å². The summed E-state index contributed by atoms with van der Waals surface area (Å²) in [5.41, 5.74) is 3.29. The molecular weight excluding hydrogens is 378 g/mol. The first kappa shape index (κ1) is 19.0. The van der Waals surface area contributed by atoms with Crippen molar-refractivity contribution in [1.82, 2.24) is 0 Å². The van der Waals surface area contributed by atoms with E-state index in [9.17, 15) is 9.59 Å². The van der Waals surface area contributed by atoms with Gasteiger partial charge in [-0.3, -0.25) is 9.59 Å². The van der Waals surface area contributed by atoms with Crippen LogP contribution in [0.4, 0.5) is 22.7 Å². The zero-order valence-electron chi connectivity index (χ0n) is 16.0. The van der Waals surface area contributed by atoms with E-state index in [0.29, 0.717) is 16.9 Å². The second kappa shape index (κ2) is 8.79. The fourth-order valence-corrected chi connectivity index (χ4v) is 2.91. The quantitative estimate of drug-likeness (QED) is 0.400. The largest absolute Gasteiger partial charge is 0.459 e. The summed E-state index contributed by atoms with van der Waals surface area (Å²) in [4.78, 5) is 25.0. The molecule has 0 aliphatic heterocycles. The SMILES string of the molecule is O=C(Nc1ccccc1C(=O)Nc1ccc(Nc2ccccc2)cc1)c1ccco1. The van der Waals surface area contributed by atoms with E-state index < -0.39 is 5.91 Å². The molecule has 0 spiro atoms. The molecule has 4 aromatic rings. The molecule has 1 aromatic heterocycles. The van der Waals surface area contributed by atoms with Crippen molar-refractivity contribution in [3.05, 3.63) is 109 Å². The average Bonchev–Trinajstić information content (AvgIpc) is 3.31. The Morgan fingerprint density at radius 2 is 1.27 bits per heavy atom. The first-order valence-electron chi connectivity index (χ1n) is 9.36. The van der Waals surface area contributed by atoms with Gasteiger partial charge in [-0.25, -0.2) is 0 Å². The molecule has 0 atom stereocenters. The smallest absolute Gasteiger partial charge is 0.291 e. The third-order valence-electron chi connectivity index (χ3n) is 4.37. The summed E-state index contributed by atoms with van der Waals surface area (Å²) in [6.07, 6.45) is 1.42. The number of benzene rings is 3. The highest BCUT2D eigenvalue weighted by molar-refractivity contribution is 6.12. The van der Waals surface area contributed by atoms with E-state index in [2.05, 4.69) is 16.0 Å². The van der Waals surface area contributed by atoms with Crippen LogP contribution in [0.25, 0.3) is 0 Å². The van der Waals surface area contributed by atoms with Gasteiger partial charge in [-0.15, -0.1) is 0 Å². The van der Waals surface area contributed by atoms with Crippen molar-refractivity contribution in [2.24, 2.45) is 0 Å². The molecule has 0 bridgehead atoms. The fourth-order valence-electron chi connectivity index (χ4n) is 2.91. The van der Waals surface area contributed by atoms with Gasteiger partial charge in [0.15, 0.2) is 5.76 Å². The summed E-state index contributed by atoms with van der Waals surface area (Å²) in [5.74, 6) is -0.572. The van der Waals surface area contributed by atoms with Gasteiger partial charge in [-0.2, -0.15) is 0 Å². The predicted molar refractivity (Wildman–Crippen MR) is 117 cm³/mol. The highest BCUT2D eigenvalue weighted by atomic mass is 16.3. The van der Waals surface area contributed by atoms with Gasteiger partial charge in [0.05, 0.1) is 17.5 Å². The van der Waals surface area contributed by atoms with E-state index in [0.717, 1.165) is 11.4 Å². The van der Waals surface area contributed by atoms with Crippen LogP contribution < -0.4 is 16.0 Å². The number of hydrogen-bond donors (Lipinski definition) is 3. The standard InChI is InChI=1S/C24H19N3O3/c28-23(20-9-4-5-10-21(20)27-24(29)22-11-6-16-30-22)26-19-14-12-18(13-15-19)25-17-7-2-1-3-8-17/h1-16,25H,(H,26,28)(H,27,29). The van der Waals surface area contributed by atoms with Gasteiger partial charge in [0, 0.05) is 17.1 Å². The third kappa shape index (κ3) is 4.56. The molecule has 148 valence electrons. The molecule has 0 fully saturated rings. The Balaban J connectivity index is 1.44. The van der Waals surface area contributed by atoms with Crippen LogP contribution >= 0.6 is 0 Å². The Morgan fingerprint density at radius 1 is 0.600 bits per heavy atom. The number of para-hydroxylation sites is 2. The van der Waals surface area contributed by atoms with Crippen LogP contribution in [0.2, 0.25) is 0 Å². The van der Waals surface area contributed by atoms with Crippen LogP contribution in [0.15, 0.2) is 102 Å². The van der Waals surface area contributed by atoms with E-state index in [4.69, 9.17) is 4.42 Å². The fraction of sp³-hybridized carbons (Fsp3) is 0. The maximum atomic E-state index is 12.8. The Kier molecular flexibility index (Phi) is 5.57. The summed E-state index contributed by atoms with van der Waals surface area (Å²) in [6.45, 7) is 0. The van der Waals surface area contributed by atoms with Crippen LogP contribution in [0.1, 0.15) is 20.9 Å². The molecule has 30 heavy (non-hydrogen) atoms. The van der Waals surface area contributed by atoms with Crippen molar-refractivity contribution < 1.29 is 14.0 Å². The van der Waals surface area contributed by atoms with E-state index in [1.165, 1.54) is 6.26 Å². The van der Waals surface area contributed by atoms with E-state index in [1.54, 1.807) is 36.4 Å². The molecule has 0 aliphatic carbocycles. The number of hydrogen-bond acceptors (Lipinski definition) is 4. The van der Waals surface area contributed by atoms with Crippen LogP contribution in [0.3, 0.4) is 0 Å². The number of nitrogens with one attached hydrogen (secondary N) is 3. The molecule has 1 heterocycles. The van der Waals surface area contributed by atoms with Crippen LogP contribution in [-0.2, 0) is 0 Å². The van der Waals surface area contributed by atoms with Crippen molar-refractivity contribution in [2.45, 2.75) is 0 Å². The molecule has 0 unspecified atom stereocenters. The van der Waals surface area contributed by atoms with E-state index in [-0.39, 0.29) is 11.7 Å². The summed E-state index contributed by atoms with van der Waals surface area (Å²) >= 11 is 0. The third-order valence-corrected chi connectivity index (χ3v) is 4.37. The number of rotatable bonds is 6. The van der Waals surface area contributed by atoms with Gasteiger partial charge in [-0.05, 0) is 60.7 Å². The monoisotopic (exact) mass is 397 g/mol. The highest BCUT2D eigenvalue weighted by Crippen LogP contribution is 2.21. The molecule has 0 saturated heterocycles. The summed E-state index contributed by atoms with van der Waals surface area (Å²) in [5, 5.41) is 8.86. The highest BCUT2D eigenvalue weighted by Gasteiger charge is 2.15. The molecule has 0 aliphatic rings. The Morgan fingerprint density at radius 3 is 2.00 bits per heavy atom. The lowest BCUT2D eigenvalue weighted by Gasteiger charge is -2.12. The zero-order chi connectivity index (χ0) is 20.8. The minimum atomic E-state index is -0.420. The molecular formula is C24H19N3O3. The lowest BCUT2D eigenvalue weighted by molar-refractivity contribution is 0.0996. The lowest BCUT2D eigenvalue weighted by Crippen LogP contribution is -2.18. The molecule has 0 radical (unpaired) electrons. The first-order chi connectivity index (χ1) is 14.7. The minimum Gasteiger partial charge on any atom is -0.459 e. The molecule has 4 rings (SSSR count). The average molecular weight is 397 g/mol. The van der Waals surface area contributed by atoms with Gasteiger partial charge in [0.2, 0.25) is 0 Å². The van der Waals surface area contributed by atoms with E-state index >= 15 is 0 Å². The number of carbonyl (C=O) groups excluding carboxylic acids is 2. The number of anilines is 4. The van der Waals surface area contributed by atoms with Crippen molar-refractivity contribution in [3.8, 4) is 0 Å². The van der Waals surface area contributed by atoms with Crippen molar-refractivity contribution >= 4 is 34.6 Å². The van der Waals surface area contributed by atoms with Crippen molar-refractivity contribution in [1.29, 1.82) is 0 Å². The van der Waals surface area contributed by atoms with Crippen molar-refractivity contribution in [3.63, 3.8) is 0 Å². The number of carbonyl (C=O) groups is 2. The maximum absolute atomic E-state index is 12.8. The normalized spacial score (nSPS) is 10.3. The number of furan rings is 1. The predicted octanol–water partition coefficient (Wildman–Crippen LogP) is 5.53. The Labute approximate surface area is 173 Å². The first-order valence-corrected chi connectivity index (χ1v) is 9.36. The van der Waals surface area contributed by atoms with Crippen molar-refractivity contribution in [2.75, 3.05) is 16.0 Å². The lowest BCUT2D eigenvalue weighted by atomic mass is 10.1. The minimum absolute atomic E-state index is 0.173. The molecule has 2 amide bonds. The Hall–Kier alpha value is -4.32. The van der Waals surface area contributed by atoms with Crippen LogP contribution in [0, 0.1) is 0 Å². The second-order valence-corrected chi connectivity index (χ2v) is 6.50. The van der Waals surface area contributed by atoms with Gasteiger partial charge >= 0.3 is 0 Å². The van der Waals surface area contributed by atoms with Gasteiger partial charge in [0.1, 0.15) is 0 Å². The van der Waals surface area contributed by atoms with Gasteiger partial charge < -0.3 is 20.4 Å². The molecule has 6 heteroatoms. The summed E-state index contributed by atoms with van der Waals surface area (Å²) < 4.78 is 5.10. The zero-order valence-corrected chi connectivity index (χ0v) is 16.0. The van der Waals surface area contributed by atoms with Crippen LogP contribution in [0.5, 0.6) is 0 Å². The van der Waals surface area contributed by atoms with E-state index in [1.807, 2.05) is 54.6 Å². The summed E-state index contributed by atoms with van der Waals surface area (Å²) in [6, 6.07) is 27.2. The number of amides is 2. The van der Waals surface area contributed by atoms with Gasteiger partial charge in [-0.1, -0.05) is 30.3 Å². The summed E-state index contributed by atoms with van der Waals surface area (Å²) in [7, 11) is 0. The Bertz CT molecular complexity index is 1140.